The monoisotopic (exact) mass is 368 g/mol. The van der Waals surface area contributed by atoms with E-state index < -0.39 is 11.9 Å². The Morgan fingerprint density at radius 3 is 2.11 bits per heavy atom. The molecule has 0 fully saturated rings. The van der Waals surface area contributed by atoms with Gasteiger partial charge in [0.15, 0.2) is 0 Å². The minimum atomic E-state index is -1.14. The number of carbonyl (C=O) groups excluding carboxylic acids is 1. The van der Waals surface area contributed by atoms with Gasteiger partial charge in [0.05, 0.1) is 11.1 Å². The van der Waals surface area contributed by atoms with E-state index in [4.69, 9.17) is 4.74 Å². The van der Waals surface area contributed by atoms with E-state index in [1.54, 1.807) is 18.2 Å². The van der Waals surface area contributed by atoms with Gasteiger partial charge in [0, 0.05) is 0 Å². The van der Waals surface area contributed by atoms with Gasteiger partial charge in [-0.3, -0.25) is 0 Å². The van der Waals surface area contributed by atoms with Crippen molar-refractivity contribution in [3.8, 4) is 5.75 Å². The number of esters is 1. The van der Waals surface area contributed by atoms with Crippen LogP contribution in [-0.2, 0) is 6.42 Å². The molecular weight excluding hydrogens is 340 g/mol. The fourth-order valence-corrected chi connectivity index (χ4v) is 3.08. The molecule has 2 aromatic carbocycles. The maximum atomic E-state index is 12.5. The van der Waals surface area contributed by atoms with Crippen molar-refractivity contribution < 1.29 is 19.4 Å². The SMILES string of the molecule is CCCCCCCCCc1ccccc1OC(=O)c1ccccc1C(=O)O. The second kappa shape index (κ2) is 11.2. The van der Waals surface area contributed by atoms with E-state index in [0.29, 0.717) is 5.75 Å². The standard InChI is InChI=1S/C23H28O4/c1-2-3-4-5-6-7-8-13-18-14-9-12-17-21(18)27-23(26)20-16-11-10-15-19(20)22(24)25/h9-12,14-17H,2-8,13H2,1H3,(H,24,25). The van der Waals surface area contributed by atoms with Crippen LogP contribution in [0, 0.1) is 0 Å². The first kappa shape index (κ1) is 20.7. The molecule has 4 nitrogen and oxygen atoms in total. The minimum Gasteiger partial charge on any atom is -0.478 e. The van der Waals surface area contributed by atoms with Crippen LogP contribution >= 0.6 is 0 Å². The van der Waals surface area contributed by atoms with E-state index in [2.05, 4.69) is 6.92 Å². The molecule has 2 rings (SSSR count). The molecule has 0 aliphatic heterocycles. The molecule has 144 valence electrons. The van der Waals surface area contributed by atoms with Crippen molar-refractivity contribution in [2.24, 2.45) is 0 Å². The number of unbranched alkanes of at least 4 members (excludes halogenated alkanes) is 6. The van der Waals surface area contributed by atoms with Crippen molar-refractivity contribution in [2.45, 2.75) is 58.3 Å². The lowest BCUT2D eigenvalue weighted by atomic mass is 10.0. The van der Waals surface area contributed by atoms with Gasteiger partial charge in [0.25, 0.3) is 0 Å². The molecule has 1 N–H and O–H groups in total. The van der Waals surface area contributed by atoms with Crippen molar-refractivity contribution in [3.63, 3.8) is 0 Å². The van der Waals surface area contributed by atoms with Crippen LogP contribution in [0.5, 0.6) is 5.75 Å². The van der Waals surface area contributed by atoms with E-state index in [0.717, 1.165) is 24.8 Å². The largest absolute Gasteiger partial charge is 0.478 e. The molecule has 0 saturated heterocycles. The summed E-state index contributed by atoms with van der Waals surface area (Å²) in [6.45, 7) is 2.22. The number of benzene rings is 2. The Bertz CT molecular complexity index is 752. The first-order valence-electron chi connectivity index (χ1n) is 9.76. The predicted octanol–water partition coefficient (Wildman–Crippen LogP) is 5.90. The topological polar surface area (TPSA) is 63.6 Å². The number of para-hydroxylation sites is 1. The summed E-state index contributed by atoms with van der Waals surface area (Å²) in [5.41, 5.74) is 0.995. The van der Waals surface area contributed by atoms with Crippen molar-refractivity contribution in [1.82, 2.24) is 0 Å². The molecule has 0 aliphatic carbocycles. The molecule has 0 heterocycles. The van der Waals surface area contributed by atoms with Crippen molar-refractivity contribution in [1.29, 1.82) is 0 Å². The lowest BCUT2D eigenvalue weighted by molar-refractivity contribution is 0.0667. The summed E-state index contributed by atoms with van der Waals surface area (Å²) in [6.07, 6.45) is 9.41. The summed E-state index contributed by atoms with van der Waals surface area (Å²) in [5.74, 6) is -1.27. The summed E-state index contributed by atoms with van der Waals surface area (Å²) in [4.78, 5) is 23.8. The number of rotatable bonds is 11. The third-order valence-electron chi connectivity index (χ3n) is 4.60. The third-order valence-corrected chi connectivity index (χ3v) is 4.60. The fraction of sp³-hybridized carbons (Fsp3) is 0.391. The molecule has 0 radical (unpaired) electrons. The van der Waals surface area contributed by atoms with Crippen LogP contribution in [0.3, 0.4) is 0 Å². The van der Waals surface area contributed by atoms with Crippen LogP contribution in [0.1, 0.15) is 78.1 Å². The third kappa shape index (κ3) is 6.55. The average Bonchev–Trinajstić information content (AvgIpc) is 2.68. The molecule has 0 saturated carbocycles. The van der Waals surface area contributed by atoms with Gasteiger partial charge in [-0.2, -0.15) is 0 Å². The van der Waals surface area contributed by atoms with Crippen LogP contribution < -0.4 is 4.74 Å². The highest BCUT2D eigenvalue weighted by atomic mass is 16.5. The number of carboxylic acid groups (broad SMARTS) is 1. The smallest absolute Gasteiger partial charge is 0.344 e. The predicted molar refractivity (Wildman–Crippen MR) is 106 cm³/mol. The summed E-state index contributed by atoms with van der Waals surface area (Å²) < 4.78 is 5.53. The summed E-state index contributed by atoms with van der Waals surface area (Å²) in [7, 11) is 0. The Morgan fingerprint density at radius 2 is 1.41 bits per heavy atom. The Kier molecular flexibility index (Phi) is 8.56. The molecule has 2 aromatic rings. The van der Waals surface area contributed by atoms with Crippen LogP contribution in [0.25, 0.3) is 0 Å². The molecule has 0 aliphatic rings. The number of aryl methyl sites for hydroxylation is 1. The van der Waals surface area contributed by atoms with Crippen molar-refractivity contribution in [2.75, 3.05) is 0 Å². The molecule has 4 heteroatoms. The second-order valence-corrected chi connectivity index (χ2v) is 6.72. The van der Waals surface area contributed by atoms with Crippen LogP contribution in [0.2, 0.25) is 0 Å². The van der Waals surface area contributed by atoms with Gasteiger partial charge >= 0.3 is 11.9 Å². The van der Waals surface area contributed by atoms with E-state index >= 15 is 0 Å². The molecular formula is C23H28O4. The summed E-state index contributed by atoms with van der Waals surface area (Å²) in [6, 6.07) is 13.6. The van der Waals surface area contributed by atoms with Crippen molar-refractivity contribution >= 4 is 11.9 Å². The quantitative estimate of drug-likeness (QED) is 0.305. The van der Waals surface area contributed by atoms with Gasteiger partial charge in [-0.25, -0.2) is 9.59 Å². The molecule has 0 aromatic heterocycles. The first-order valence-corrected chi connectivity index (χ1v) is 9.76. The number of carboxylic acids is 1. The lowest BCUT2D eigenvalue weighted by Gasteiger charge is -2.11. The molecule has 27 heavy (non-hydrogen) atoms. The Balaban J connectivity index is 1.95. The Labute approximate surface area is 161 Å². The summed E-state index contributed by atoms with van der Waals surface area (Å²) in [5, 5.41) is 9.25. The minimum absolute atomic E-state index is 0.0490. The van der Waals surface area contributed by atoms with Gasteiger partial charge in [0.2, 0.25) is 0 Å². The van der Waals surface area contributed by atoms with Crippen molar-refractivity contribution in [3.05, 3.63) is 65.2 Å². The van der Waals surface area contributed by atoms with E-state index in [-0.39, 0.29) is 11.1 Å². The zero-order valence-electron chi connectivity index (χ0n) is 15.9. The maximum Gasteiger partial charge on any atom is 0.344 e. The summed E-state index contributed by atoms with van der Waals surface area (Å²) >= 11 is 0. The van der Waals surface area contributed by atoms with Crippen LogP contribution in [0.15, 0.2) is 48.5 Å². The maximum absolute atomic E-state index is 12.5. The Hall–Kier alpha value is -2.62. The Morgan fingerprint density at radius 1 is 0.815 bits per heavy atom. The van der Waals surface area contributed by atoms with Crippen LogP contribution in [0.4, 0.5) is 0 Å². The second-order valence-electron chi connectivity index (χ2n) is 6.72. The van der Waals surface area contributed by atoms with E-state index in [1.165, 1.54) is 44.2 Å². The highest BCUT2D eigenvalue weighted by Gasteiger charge is 2.18. The molecule has 0 atom stereocenters. The molecule has 0 amide bonds. The van der Waals surface area contributed by atoms with Gasteiger partial charge in [-0.1, -0.05) is 75.8 Å². The highest BCUT2D eigenvalue weighted by molar-refractivity contribution is 6.03. The molecule has 0 bridgehead atoms. The fourth-order valence-electron chi connectivity index (χ4n) is 3.08. The number of aromatic carboxylic acids is 1. The van der Waals surface area contributed by atoms with Gasteiger partial charge in [-0.15, -0.1) is 0 Å². The average molecular weight is 368 g/mol. The number of carbonyl (C=O) groups is 2. The number of hydrogen-bond acceptors (Lipinski definition) is 3. The molecule has 0 spiro atoms. The first-order chi connectivity index (χ1) is 13.1. The number of hydrogen-bond donors (Lipinski definition) is 1. The number of ether oxygens (including phenoxy) is 1. The van der Waals surface area contributed by atoms with Gasteiger partial charge in [-0.05, 0) is 36.6 Å². The van der Waals surface area contributed by atoms with E-state index in [9.17, 15) is 14.7 Å². The molecule has 0 unspecified atom stereocenters. The zero-order valence-corrected chi connectivity index (χ0v) is 15.9. The van der Waals surface area contributed by atoms with Gasteiger partial charge < -0.3 is 9.84 Å². The van der Waals surface area contributed by atoms with Gasteiger partial charge in [0.1, 0.15) is 5.75 Å². The van der Waals surface area contributed by atoms with Crippen LogP contribution in [-0.4, -0.2) is 17.0 Å². The van der Waals surface area contributed by atoms with E-state index in [1.807, 2.05) is 18.2 Å². The zero-order chi connectivity index (χ0) is 19.5. The highest BCUT2D eigenvalue weighted by Crippen LogP contribution is 2.23. The normalized spacial score (nSPS) is 10.6. The lowest BCUT2D eigenvalue weighted by Crippen LogP contribution is -2.14.